The minimum atomic E-state index is 0.551. The summed E-state index contributed by atoms with van der Waals surface area (Å²) in [5, 5.41) is 0.819. The Bertz CT molecular complexity index is 251. The number of hydrogen-bond acceptors (Lipinski definition) is 3. The van der Waals surface area contributed by atoms with Crippen LogP contribution in [0.3, 0.4) is 0 Å². The second-order valence-electron chi connectivity index (χ2n) is 3.18. The smallest absolute Gasteiger partial charge is 0.0562 e. The zero-order valence-electron chi connectivity index (χ0n) is 8.68. The summed E-state index contributed by atoms with van der Waals surface area (Å²) in [5.41, 5.74) is 1.26. The van der Waals surface area contributed by atoms with Crippen LogP contribution in [0, 0.1) is 0 Å². The first-order valence-corrected chi connectivity index (χ1v) is 6.45. The van der Waals surface area contributed by atoms with Gasteiger partial charge >= 0.3 is 0 Å². The summed E-state index contributed by atoms with van der Waals surface area (Å²) in [6, 6.07) is 11.0. The lowest BCUT2D eigenvalue weighted by Gasteiger charge is -2.28. The zero-order valence-corrected chi connectivity index (χ0v) is 10.4. The van der Waals surface area contributed by atoms with E-state index in [1.54, 1.807) is 11.9 Å². The van der Waals surface area contributed by atoms with Gasteiger partial charge in [-0.25, -0.2) is 0 Å². The van der Waals surface area contributed by atoms with Crippen LogP contribution in [0.2, 0.25) is 0 Å². The molecule has 0 bridgehead atoms. The lowest BCUT2D eigenvalue weighted by molar-refractivity contribution is 0.721. The Hall–Kier alpha value is -0.280. The van der Waals surface area contributed by atoms with Crippen molar-refractivity contribution < 1.29 is 0 Å². The van der Waals surface area contributed by atoms with Gasteiger partial charge < -0.3 is 4.31 Å². The van der Waals surface area contributed by atoms with Crippen LogP contribution in [0.5, 0.6) is 0 Å². The highest BCUT2D eigenvalue weighted by molar-refractivity contribution is 8.10. The van der Waals surface area contributed by atoms with Crippen LogP contribution >= 0.6 is 24.6 Å². The summed E-state index contributed by atoms with van der Waals surface area (Å²) >= 11 is 6.02. The number of thiol groups is 1. The fourth-order valence-corrected chi connectivity index (χ4v) is 2.43. The molecule has 0 aromatic heterocycles. The van der Waals surface area contributed by atoms with Gasteiger partial charge in [-0.1, -0.05) is 25.1 Å². The maximum Gasteiger partial charge on any atom is 0.0562 e. The number of anilines is 1. The topological polar surface area (TPSA) is 3.24 Å². The first-order valence-electron chi connectivity index (χ1n) is 4.87. The molecule has 14 heavy (non-hydrogen) atoms. The molecule has 0 N–H and O–H groups in total. The van der Waals surface area contributed by atoms with Gasteiger partial charge in [-0.3, -0.25) is 0 Å². The molecule has 1 unspecified atom stereocenters. The quantitative estimate of drug-likeness (QED) is 0.463. The Morgan fingerprint density at radius 2 is 2.00 bits per heavy atom. The summed E-state index contributed by atoms with van der Waals surface area (Å²) in [6.45, 7) is 4.45. The van der Waals surface area contributed by atoms with Crippen LogP contribution in [0.15, 0.2) is 30.3 Å². The van der Waals surface area contributed by atoms with Crippen molar-refractivity contribution >= 4 is 30.3 Å². The molecule has 0 aliphatic carbocycles. The molecule has 1 rings (SSSR count). The van der Waals surface area contributed by atoms with Gasteiger partial charge in [0.1, 0.15) is 0 Å². The van der Waals surface area contributed by atoms with E-state index < -0.39 is 0 Å². The van der Waals surface area contributed by atoms with E-state index in [0.717, 1.165) is 11.5 Å². The molecule has 0 spiro atoms. The molecule has 0 heterocycles. The average molecular weight is 227 g/mol. The van der Waals surface area contributed by atoms with Crippen molar-refractivity contribution in [1.29, 1.82) is 0 Å². The van der Waals surface area contributed by atoms with E-state index in [1.807, 2.05) is 6.07 Å². The third kappa shape index (κ3) is 3.14. The third-order valence-corrected chi connectivity index (χ3v) is 3.51. The Balaban J connectivity index is 2.77. The molecule has 1 atom stereocenters. The van der Waals surface area contributed by atoms with Crippen LogP contribution in [-0.4, -0.2) is 11.1 Å². The van der Waals surface area contributed by atoms with E-state index in [9.17, 15) is 0 Å². The van der Waals surface area contributed by atoms with Gasteiger partial charge in [0.25, 0.3) is 0 Å². The van der Waals surface area contributed by atoms with E-state index in [1.165, 1.54) is 5.69 Å². The third-order valence-electron chi connectivity index (χ3n) is 2.20. The van der Waals surface area contributed by atoms with Crippen molar-refractivity contribution in [2.24, 2.45) is 0 Å². The normalized spacial score (nSPS) is 12.5. The second-order valence-corrected chi connectivity index (χ2v) is 4.86. The monoisotopic (exact) mass is 227 g/mol. The molecule has 3 heteroatoms. The number of benzene rings is 1. The first-order chi connectivity index (χ1) is 6.79. The number of hydrogen-bond donors (Lipinski definition) is 1. The van der Waals surface area contributed by atoms with Crippen LogP contribution in [0.4, 0.5) is 5.69 Å². The SMILES string of the molecule is CCC(C)N(SCS)c1ccccc1. The van der Waals surface area contributed by atoms with Gasteiger partial charge in [0.15, 0.2) is 0 Å². The summed E-state index contributed by atoms with van der Waals surface area (Å²) < 4.78 is 2.33. The Labute approximate surface area is 96.4 Å². The van der Waals surface area contributed by atoms with E-state index in [2.05, 4.69) is 55.0 Å². The van der Waals surface area contributed by atoms with Gasteiger partial charge in [-0.15, -0.1) is 0 Å². The predicted molar refractivity (Wildman–Crippen MR) is 70.1 cm³/mol. The van der Waals surface area contributed by atoms with Gasteiger partial charge in [-0.05, 0) is 37.4 Å². The molecule has 0 radical (unpaired) electrons. The van der Waals surface area contributed by atoms with Crippen molar-refractivity contribution in [3.05, 3.63) is 30.3 Å². The molecule has 0 saturated carbocycles. The number of nitrogens with zero attached hydrogens (tertiary/aromatic N) is 1. The van der Waals surface area contributed by atoms with Crippen molar-refractivity contribution in [1.82, 2.24) is 0 Å². The summed E-state index contributed by atoms with van der Waals surface area (Å²) in [4.78, 5) is 0. The molecule has 1 aromatic rings. The molecule has 0 amide bonds. The standard InChI is InChI=1S/C11H17NS2/c1-3-10(2)12(14-9-13)11-7-5-4-6-8-11/h4-8,10,13H,3,9H2,1-2H3. The van der Waals surface area contributed by atoms with Gasteiger partial charge in [0, 0.05) is 11.7 Å². The maximum atomic E-state index is 4.26. The molecular weight excluding hydrogens is 210 g/mol. The largest absolute Gasteiger partial charge is 0.313 e. The minimum absolute atomic E-state index is 0.551. The molecule has 0 saturated heterocycles. The lowest BCUT2D eigenvalue weighted by atomic mass is 10.2. The fourth-order valence-electron chi connectivity index (χ4n) is 1.26. The summed E-state index contributed by atoms with van der Waals surface area (Å²) in [6.07, 6.45) is 1.15. The Kier molecular flexibility index (Phi) is 5.26. The number of para-hydroxylation sites is 1. The van der Waals surface area contributed by atoms with Crippen LogP contribution in [0.25, 0.3) is 0 Å². The van der Waals surface area contributed by atoms with E-state index in [-0.39, 0.29) is 0 Å². The van der Waals surface area contributed by atoms with Gasteiger partial charge in [0.2, 0.25) is 0 Å². The van der Waals surface area contributed by atoms with E-state index in [0.29, 0.717) is 6.04 Å². The second kappa shape index (κ2) is 6.25. The Morgan fingerprint density at radius 1 is 1.36 bits per heavy atom. The summed E-state index contributed by atoms with van der Waals surface area (Å²) in [7, 11) is 0. The molecule has 1 aromatic carbocycles. The van der Waals surface area contributed by atoms with Crippen molar-refractivity contribution in [3.8, 4) is 0 Å². The Morgan fingerprint density at radius 3 is 2.50 bits per heavy atom. The van der Waals surface area contributed by atoms with E-state index >= 15 is 0 Å². The molecule has 0 aliphatic heterocycles. The highest BCUT2D eigenvalue weighted by Gasteiger charge is 2.12. The molecule has 1 nitrogen and oxygen atoms in total. The average Bonchev–Trinajstić information content (AvgIpc) is 2.26. The number of rotatable bonds is 5. The van der Waals surface area contributed by atoms with Gasteiger partial charge in [-0.2, -0.15) is 12.6 Å². The molecule has 0 fully saturated rings. The maximum absolute atomic E-state index is 4.26. The minimum Gasteiger partial charge on any atom is -0.313 e. The summed E-state index contributed by atoms with van der Waals surface area (Å²) in [5.74, 6) is 0. The lowest BCUT2D eigenvalue weighted by Crippen LogP contribution is -2.25. The van der Waals surface area contributed by atoms with Crippen LogP contribution < -0.4 is 4.31 Å². The molecule has 0 aliphatic rings. The van der Waals surface area contributed by atoms with Crippen molar-refractivity contribution in [2.75, 3.05) is 9.39 Å². The predicted octanol–water partition coefficient (Wildman–Crippen LogP) is 3.83. The zero-order chi connectivity index (χ0) is 10.4. The van der Waals surface area contributed by atoms with Crippen LogP contribution in [0.1, 0.15) is 20.3 Å². The highest BCUT2D eigenvalue weighted by atomic mass is 32.2. The van der Waals surface area contributed by atoms with Crippen molar-refractivity contribution in [2.45, 2.75) is 26.3 Å². The highest BCUT2D eigenvalue weighted by Crippen LogP contribution is 2.26. The van der Waals surface area contributed by atoms with Crippen LogP contribution in [-0.2, 0) is 0 Å². The molecular formula is C11H17NS2. The van der Waals surface area contributed by atoms with Crippen molar-refractivity contribution in [3.63, 3.8) is 0 Å². The molecule has 78 valence electrons. The first kappa shape index (κ1) is 11.8. The van der Waals surface area contributed by atoms with E-state index in [4.69, 9.17) is 0 Å². The fraction of sp³-hybridized carbons (Fsp3) is 0.455. The van der Waals surface area contributed by atoms with Gasteiger partial charge in [0.05, 0.1) is 5.08 Å².